The Balaban J connectivity index is 1.24. The number of rotatable bonds is 5. The lowest BCUT2D eigenvalue weighted by Gasteiger charge is -2.11. The van der Waals surface area contributed by atoms with Gasteiger partial charge in [-0.05, 0) is 77.9 Å². The monoisotopic (exact) mass is 607 g/mol. The van der Waals surface area contributed by atoms with Crippen molar-refractivity contribution in [2.24, 2.45) is 0 Å². The summed E-state index contributed by atoms with van der Waals surface area (Å²) in [5, 5.41) is 3.37. The van der Waals surface area contributed by atoms with E-state index in [1.165, 1.54) is 10.8 Å². The zero-order valence-corrected chi connectivity index (χ0v) is 25.4. The lowest BCUT2D eigenvalue weighted by Crippen LogP contribution is -1.95. The van der Waals surface area contributed by atoms with E-state index in [-0.39, 0.29) is 0 Å². The molecule has 9 aromatic rings. The van der Waals surface area contributed by atoms with Gasteiger partial charge in [0.2, 0.25) is 0 Å². The molecule has 0 spiro atoms. The van der Waals surface area contributed by atoms with Crippen molar-refractivity contribution in [1.82, 2.24) is 24.5 Å². The van der Waals surface area contributed by atoms with Crippen LogP contribution in [0.4, 0.5) is 0 Å². The minimum atomic E-state index is 0.949. The Bertz CT molecular complexity index is 2520. The Morgan fingerprint density at radius 3 is 2.07 bits per heavy atom. The Kier molecular flexibility index (Phi) is 6.25. The highest BCUT2D eigenvalue weighted by atomic mass is 32.1. The molecule has 0 unspecified atom stereocenters. The van der Waals surface area contributed by atoms with Gasteiger partial charge in [0, 0.05) is 69.7 Å². The summed E-state index contributed by atoms with van der Waals surface area (Å²) in [7, 11) is 0. The molecule has 0 aliphatic rings. The maximum absolute atomic E-state index is 5.11. The van der Waals surface area contributed by atoms with Gasteiger partial charge in [0.1, 0.15) is 5.01 Å². The number of nitrogens with zero attached hydrogens (tertiary/aromatic N) is 5. The van der Waals surface area contributed by atoms with Crippen LogP contribution in [0.5, 0.6) is 0 Å². The molecule has 5 heterocycles. The second-order valence-electron chi connectivity index (χ2n) is 11.2. The highest BCUT2D eigenvalue weighted by Crippen LogP contribution is 2.39. The molecule has 0 fully saturated rings. The van der Waals surface area contributed by atoms with Gasteiger partial charge in [-0.25, -0.2) is 4.98 Å². The minimum Gasteiger partial charge on any atom is -0.309 e. The first kappa shape index (κ1) is 26.4. The molecule has 0 bridgehead atoms. The molecule has 0 saturated carbocycles. The van der Waals surface area contributed by atoms with Gasteiger partial charge in [0.25, 0.3) is 0 Å². The van der Waals surface area contributed by atoms with E-state index >= 15 is 0 Å². The fourth-order valence-electron chi connectivity index (χ4n) is 6.25. The van der Waals surface area contributed by atoms with Gasteiger partial charge >= 0.3 is 0 Å². The van der Waals surface area contributed by atoms with Gasteiger partial charge in [-0.1, -0.05) is 54.6 Å². The third-order valence-electron chi connectivity index (χ3n) is 8.46. The SMILES string of the molecule is c1ccc(-c2cccc(-n3c4ccc(-c5cccnc5)cc4c4ccc(-c5nc6cc(-c7cccnc7)ccc6s5)cc43)c2)nc1. The molecular formula is C40H25N5S. The zero-order chi connectivity index (χ0) is 30.5. The van der Waals surface area contributed by atoms with Crippen molar-refractivity contribution in [2.75, 3.05) is 0 Å². The number of hydrogen-bond acceptors (Lipinski definition) is 5. The van der Waals surface area contributed by atoms with Crippen molar-refractivity contribution < 1.29 is 0 Å². The summed E-state index contributed by atoms with van der Waals surface area (Å²) in [4.78, 5) is 18.4. The lowest BCUT2D eigenvalue weighted by molar-refractivity contribution is 1.18. The van der Waals surface area contributed by atoms with E-state index in [1.807, 2.05) is 49.1 Å². The normalized spacial score (nSPS) is 11.5. The van der Waals surface area contributed by atoms with Crippen LogP contribution in [0.1, 0.15) is 0 Å². The van der Waals surface area contributed by atoms with Crippen LogP contribution in [0.2, 0.25) is 0 Å². The van der Waals surface area contributed by atoms with Crippen LogP contribution >= 0.6 is 11.3 Å². The Morgan fingerprint density at radius 1 is 0.500 bits per heavy atom. The number of fused-ring (bicyclic) bond motifs is 4. The second-order valence-corrected chi connectivity index (χ2v) is 12.3. The highest BCUT2D eigenvalue weighted by Gasteiger charge is 2.17. The zero-order valence-electron chi connectivity index (χ0n) is 24.6. The summed E-state index contributed by atoms with van der Waals surface area (Å²) in [6.45, 7) is 0. The van der Waals surface area contributed by atoms with E-state index in [0.717, 1.165) is 71.0 Å². The number of aromatic nitrogens is 5. The summed E-state index contributed by atoms with van der Waals surface area (Å²) in [6.07, 6.45) is 9.26. The van der Waals surface area contributed by atoms with E-state index in [1.54, 1.807) is 17.5 Å². The number of thiazole rings is 1. The fraction of sp³-hybridized carbons (Fsp3) is 0. The molecule has 6 heteroatoms. The van der Waals surface area contributed by atoms with Crippen molar-refractivity contribution in [3.8, 4) is 49.8 Å². The molecule has 0 aliphatic heterocycles. The number of hydrogen-bond donors (Lipinski definition) is 0. The topological polar surface area (TPSA) is 56.5 Å². The van der Waals surface area contributed by atoms with Gasteiger partial charge in [-0.3, -0.25) is 15.0 Å². The fourth-order valence-corrected chi connectivity index (χ4v) is 7.19. The van der Waals surface area contributed by atoms with E-state index in [0.29, 0.717) is 0 Å². The summed E-state index contributed by atoms with van der Waals surface area (Å²) in [5.74, 6) is 0. The van der Waals surface area contributed by atoms with Crippen molar-refractivity contribution in [1.29, 1.82) is 0 Å². The first-order chi connectivity index (χ1) is 22.8. The molecule has 0 saturated heterocycles. The average Bonchev–Trinajstić information content (AvgIpc) is 3.71. The standard InChI is InChI=1S/C40H25N5S/c1-2-19-43-35(10-1)28-6-3-9-32(20-28)45-37-15-12-26(30-7-4-17-41-24-30)21-34(37)33-14-11-29(23-38(33)45)40-44-36-22-27(13-16-39(36)46-40)31-8-5-18-42-25-31/h1-25H. The number of pyridine rings is 3. The molecule has 9 rings (SSSR count). The highest BCUT2D eigenvalue weighted by molar-refractivity contribution is 7.21. The molecule has 5 aromatic heterocycles. The molecule has 0 atom stereocenters. The molecule has 46 heavy (non-hydrogen) atoms. The van der Waals surface area contributed by atoms with E-state index in [9.17, 15) is 0 Å². The average molecular weight is 608 g/mol. The quantitative estimate of drug-likeness (QED) is 0.195. The summed E-state index contributed by atoms with van der Waals surface area (Å²) in [5.41, 5.74) is 11.9. The van der Waals surface area contributed by atoms with Crippen LogP contribution in [0.15, 0.2) is 152 Å². The Hall–Kier alpha value is -5.98. The van der Waals surface area contributed by atoms with E-state index in [2.05, 4.69) is 117 Å². The minimum absolute atomic E-state index is 0.949. The molecule has 0 amide bonds. The maximum atomic E-state index is 5.11. The molecule has 5 nitrogen and oxygen atoms in total. The molecule has 216 valence electrons. The van der Waals surface area contributed by atoms with Crippen molar-refractivity contribution in [3.05, 3.63) is 152 Å². The third kappa shape index (κ3) is 4.55. The van der Waals surface area contributed by atoms with E-state index < -0.39 is 0 Å². The predicted octanol–water partition coefficient (Wildman–Crippen LogP) is 10.2. The smallest absolute Gasteiger partial charge is 0.124 e. The summed E-state index contributed by atoms with van der Waals surface area (Å²) in [6, 6.07) is 42.7. The first-order valence-electron chi connectivity index (χ1n) is 15.1. The van der Waals surface area contributed by atoms with Gasteiger partial charge in [0.05, 0.1) is 26.9 Å². The predicted molar refractivity (Wildman–Crippen MR) is 189 cm³/mol. The van der Waals surface area contributed by atoms with Crippen LogP contribution < -0.4 is 0 Å². The van der Waals surface area contributed by atoms with E-state index in [4.69, 9.17) is 4.98 Å². The van der Waals surface area contributed by atoms with Crippen LogP contribution in [-0.2, 0) is 0 Å². The van der Waals surface area contributed by atoms with Crippen LogP contribution in [0.25, 0.3) is 81.8 Å². The van der Waals surface area contributed by atoms with Gasteiger partial charge in [-0.15, -0.1) is 11.3 Å². The van der Waals surface area contributed by atoms with Gasteiger partial charge in [0.15, 0.2) is 0 Å². The van der Waals surface area contributed by atoms with Crippen molar-refractivity contribution in [2.45, 2.75) is 0 Å². The van der Waals surface area contributed by atoms with Gasteiger partial charge < -0.3 is 4.57 Å². The van der Waals surface area contributed by atoms with Crippen molar-refractivity contribution >= 4 is 43.4 Å². The molecule has 0 N–H and O–H groups in total. The third-order valence-corrected chi connectivity index (χ3v) is 9.54. The Morgan fingerprint density at radius 2 is 1.28 bits per heavy atom. The molecule has 4 aromatic carbocycles. The molecule has 0 aliphatic carbocycles. The summed E-state index contributed by atoms with van der Waals surface area (Å²) >= 11 is 1.72. The maximum Gasteiger partial charge on any atom is 0.124 e. The lowest BCUT2D eigenvalue weighted by atomic mass is 10.0. The van der Waals surface area contributed by atoms with Crippen LogP contribution in [0.3, 0.4) is 0 Å². The Labute approximate surface area is 269 Å². The molecule has 0 radical (unpaired) electrons. The van der Waals surface area contributed by atoms with Crippen LogP contribution in [-0.4, -0.2) is 24.5 Å². The van der Waals surface area contributed by atoms with Crippen LogP contribution in [0, 0.1) is 0 Å². The molecular weight excluding hydrogens is 583 g/mol. The summed E-state index contributed by atoms with van der Waals surface area (Å²) < 4.78 is 3.52. The van der Waals surface area contributed by atoms with Crippen molar-refractivity contribution in [3.63, 3.8) is 0 Å². The number of benzene rings is 4. The van der Waals surface area contributed by atoms with Gasteiger partial charge in [-0.2, -0.15) is 0 Å². The first-order valence-corrected chi connectivity index (χ1v) is 15.9. The second kappa shape index (κ2) is 10.9. The largest absolute Gasteiger partial charge is 0.309 e.